The Morgan fingerprint density at radius 3 is 2.75 bits per heavy atom. The summed E-state index contributed by atoms with van der Waals surface area (Å²) >= 11 is 0. The zero-order chi connectivity index (χ0) is 13.9. The molecule has 0 atom stereocenters. The molecule has 104 valence electrons. The number of carbonyl (C=O) groups excluding carboxylic acids is 2. The van der Waals surface area contributed by atoms with Gasteiger partial charge in [0.2, 0.25) is 5.91 Å². The van der Waals surface area contributed by atoms with E-state index in [2.05, 4.69) is 15.6 Å². The molecular weight excluding hydrogens is 254 g/mol. The molecule has 20 heavy (non-hydrogen) atoms. The van der Waals surface area contributed by atoms with Gasteiger partial charge in [0.1, 0.15) is 0 Å². The molecule has 0 unspecified atom stereocenters. The summed E-state index contributed by atoms with van der Waals surface area (Å²) in [4.78, 5) is 26.5. The molecule has 1 aliphatic rings. The molecule has 2 aromatic rings. The number of aromatic amines is 1. The maximum absolute atomic E-state index is 12.0. The van der Waals surface area contributed by atoms with Gasteiger partial charge in [-0.3, -0.25) is 9.59 Å². The van der Waals surface area contributed by atoms with Crippen molar-refractivity contribution in [2.75, 3.05) is 13.1 Å². The van der Waals surface area contributed by atoms with E-state index in [4.69, 9.17) is 0 Å². The minimum Gasteiger partial charge on any atom is -0.361 e. The number of aromatic nitrogens is 1. The van der Waals surface area contributed by atoms with Crippen molar-refractivity contribution in [1.82, 2.24) is 15.6 Å². The number of amides is 2. The third kappa shape index (κ3) is 2.82. The molecular formula is C15H17N3O2. The Hall–Kier alpha value is -2.30. The summed E-state index contributed by atoms with van der Waals surface area (Å²) in [6, 6.07) is 7.46. The summed E-state index contributed by atoms with van der Waals surface area (Å²) in [5, 5.41) is 6.64. The SMILES string of the molecule is O=C(NCCNC(=O)C1CC1)c1ccc2[nH]ccc2c1. The summed E-state index contributed by atoms with van der Waals surface area (Å²) in [5.74, 6) is 0.198. The van der Waals surface area contributed by atoms with E-state index in [0.29, 0.717) is 18.7 Å². The monoisotopic (exact) mass is 271 g/mol. The lowest BCUT2D eigenvalue weighted by Gasteiger charge is -2.07. The molecule has 3 rings (SSSR count). The number of rotatable bonds is 5. The van der Waals surface area contributed by atoms with Gasteiger partial charge < -0.3 is 15.6 Å². The van der Waals surface area contributed by atoms with Crippen molar-refractivity contribution in [3.05, 3.63) is 36.0 Å². The predicted molar refractivity (Wildman–Crippen MR) is 76.4 cm³/mol. The van der Waals surface area contributed by atoms with Crippen LogP contribution in [0.5, 0.6) is 0 Å². The zero-order valence-corrected chi connectivity index (χ0v) is 11.1. The van der Waals surface area contributed by atoms with Gasteiger partial charge in [-0.2, -0.15) is 0 Å². The highest BCUT2D eigenvalue weighted by atomic mass is 16.2. The van der Waals surface area contributed by atoms with Gasteiger partial charge in [0.25, 0.3) is 5.91 Å². The van der Waals surface area contributed by atoms with E-state index in [1.54, 1.807) is 6.07 Å². The maximum Gasteiger partial charge on any atom is 0.251 e. The van der Waals surface area contributed by atoms with E-state index in [9.17, 15) is 9.59 Å². The second-order valence-corrected chi connectivity index (χ2v) is 5.10. The van der Waals surface area contributed by atoms with Crippen LogP contribution in [0.25, 0.3) is 10.9 Å². The zero-order valence-electron chi connectivity index (χ0n) is 11.1. The molecule has 0 aliphatic heterocycles. The van der Waals surface area contributed by atoms with Crippen LogP contribution in [0, 0.1) is 5.92 Å². The minimum absolute atomic E-state index is 0.105. The number of carbonyl (C=O) groups is 2. The van der Waals surface area contributed by atoms with E-state index in [-0.39, 0.29) is 17.7 Å². The predicted octanol–water partition coefficient (Wildman–Crippen LogP) is 1.42. The minimum atomic E-state index is -0.117. The van der Waals surface area contributed by atoms with Gasteiger partial charge in [-0.05, 0) is 37.1 Å². The summed E-state index contributed by atoms with van der Waals surface area (Å²) in [5.41, 5.74) is 1.64. The molecule has 2 amide bonds. The molecule has 1 aromatic carbocycles. The molecule has 3 N–H and O–H groups in total. The van der Waals surface area contributed by atoms with Crippen LogP contribution in [0.15, 0.2) is 30.5 Å². The smallest absolute Gasteiger partial charge is 0.251 e. The highest BCUT2D eigenvalue weighted by Crippen LogP contribution is 2.28. The molecule has 5 heteroatoms. The Morgan fingerprint density at radius 1 is 1.15 bits per heavy atom. The highest BCUT2D eigenvalue weighted by molar-refractivity contribution is 5.98. The van der Waals surface area contributed by atoms with Crippen LogP contribution in [0.4, 0.5) is 0 Å². The Morgan fingerprint density at radius 2 is 1.95 bits per heavy atom. The van der Waals surface area contributed by atoms with E-state index in [0.717, 1.165) is 23.7 Å². The van der Waals surface area contributed by atoms with Crippen LogP contribution >= 0.6 is 0 Å². The lowest BCUT2D eigenvalue weighted by Crippen LogP contribution is -2.35. The third-order valence-electron chi connectivity index (χ3n) is 3.47. The first-order valence-electron chi connectivity index (χ1n) is 6.87. The standard InChI is InChI=1S/C15H17N3O2/c19-14(10-1-2-10)17-7-8-18-15(20)12-3-4-13-11(9-12)5-6-16-13/h3-6,9-10,16H,1-2,7-8H2,(H,17,19)(H,18,20). The number of benzene rings is 1. The van der Waals surface area contributed by atoms with Crippen LogP contribution in [0.3, 0.4) is 0 Å². The number of fused-ring (bicyclic) bond motifs is 1. The molecule has 1 fully saturated rings. The lowest BCUT2D eigenvalue weighted by molar-refractivity contribution is -0.122. The fourth-order valence-corrected chi connectivity index (χ4v) is 2.15. The average molecular weight is 271 g/mol. The summed E-state index contributed by atoms with van der Waals surface area (Å²) < 4.78 is 0. The van der Waals surface area contributed by atoms with E-state index in [1.807, 2.05) is 24.4 Å². The number of H-pyrrole nitrogens is 1. The van der Waals surface area contributed by atoms with Gasteiger partial charge in [-0.25, -0.2) is 0 Å². The molecule has 1 aromatic heterocycles. The maximum atomic E-state index is 12.0. The second kappa shape index (κ2) is 5.36. The lowest BCUT2D eigenvalue weighted by atomic mass is 10.1. The van der Waals surface area contributed by atoms with Crippen molar-refractivity contribution < 1.29 is 9.59 Å². The second-order valence-electron chi connectivity index (χ2n) is 5.10. The van der Waals surface area contributed by atoms with Crippen LogP contribution in [0.2, 0.25) is 0 Å². The molecule has 5 nitrogen and oxygen atoms in total. The van der Waals surface area contributed by atoms with Crippen LogP contribution < -0.4 is 10.6 Å². The summed E-state index contributed by atoms with van der Waals surface area (Å²) in [6.07, 6.45) is 3.84. The van der Waals surface area contributed by atoms with Crippen molar-refractivity contribution in [2.45, 2.75) is 12.8 Å². The fourth-order valence-electron chi connectivity index (χ4n) is 2.15. The Labute approximate surface area is 116 Å². The van der Waals surface area contributed by atoms with Gasteiger partial charge in [-0.1, -0.05) is 0 Å². The van der Waals surface area contributed by atoms with Crippen molar-refractivity contribution in [3.8, 4) is 0 Å². The molecule has 0 radical (unpaired) electrons. The van der Waals surface area contributed by atoms with E-state index >= 15 is 0 Å². The summed E-state index contributed by atoms with van der Waals surface area (Å²) in [6.45, 7) is 0.927. The third-order valence-corrected chi connectivity index (χ3v) is 3.47. The first-order chi connectivity index (χ1) is 9.74. The molecule has 1 aliphatic carbocycles. The number of hydrogen-bond donors (Lipinski definition) is 3. The number of nitrogens with one attached hydrogen (secondary N) is 3. The summed E-state index contributed by atoms with van der Waals surface area (Å²) in [7, 11) is 0. The molecule has 0 saturated heterocycles. The first kappa shape index (κ1) is 12.7. The number of hydrogen-bond acceptors (Lipinski definition) is 2. The van der Waals surface area contributed by atoms with Crippen LogP contribution in [0.1, 0.15) is 23.2 Å². The largest absolute Gasteiger partial charge is 0.361 e. The van der Waals surface area contributed by atoms with Crippen molar-refractivity contribution in [3.63, 3.8) is 0 Å². The van der Waals surface area contributed by atoms with Crippen LogP contribution in [-0.2, 0) is 4.79 Å². The van der Waals surface area contributed by atoms with Gasteiger partial charge in [0, 0.05) is 41.7 Å². The van der Waals surface area contributed by atoms with Gasteiger partial charge in [0.05, 0.1) is 0 Å². The normalized spacial score (nSPS) is 14.2. The van der Waals surface area contributed by atoms with Crippen molar-refractivity contribution >= 4 is 22.7 Å². The molecule has 0 spiro atoms. The molecule has 0 bridgehead atoms. The Bertz CT molecular complexity index is 643. The van der Waals surface area contributed by atoms with Gasteiger partial charge in [0.15, 0.2) is 0 Å². The Balaban J connectivity index is 1.49. The Kier molecular flexibility index (Phi) is 3.41. The fraction of sp³-hybridized carbons (Fsp3) is 0.333. The van der Waals surface area contributed by atoms with Crippen LogP contribution in [-0.4, -0.2) is 29.9 Å². The average Bonchev–Trinajstić information content (AvgIpc) is 3.20. The van der Waals surface area contributed by atoms with E-state index < -0.39 is 0 Å². The highest BCUT2D eigenvalue weighted by Gasteiger charge is 2.28. The van der Waals surface area contributed by atoms with E-state index in [1.165, 1.54) is 0 Å². The van der Waals surface area contributed by atoms with Crippen molar-refractivity contribution in [1.29, 1.82) is 0 Å². The van der Waals surface area contributed by atoms with Crippen molar-refractivity contribution in [2.24, 2.45) is 5.92 Å². The topological polar surface area (TPSA) is 74.0 Å². The van der Waals surface area contributed by atoms with Gasteiger partial charge in [-0.15, -0.1) is 0 Å². The van der Waals surface area contributed by atoms with Gasteiger partial charge >= 0.3 is 0 Å². The first-order valence-corrected chi connectivity index (χ1v) is 6.87. The molecule has 1 heterocycles. The molecule has 1 saturated carbocycles. The quantitative estimate of drug-likeness (QED) is 0.720.